The predicted octanol–water partition coefficient (Wildman–Crippen LogP) is 2.44. The van der Waals surface area contributed by atoms with E-state index in [4.69, 9.17) is 15.9 Å². The van der Waals surface area contributed by atoms with Gasteiger partial charge < -0.3 is 51.0 Å². The number of nitrogens with two attached hydrogens (primary N) is 1. The molecule has 21 nitrogen and oxygen atoms in total. The molecule has 4 saturated heterocycles. The van der Waals surface area contributed by atoms with Crippen molar-refractivity contribution in [3.05, 3.63) is 114 Å². The molecule has 1 aliphatic carbocycles. The van der Waals surface area contributed by atoms with Crippen molar-refractivity contribution in [2.24, 2.45) is 27.6 Å². The number of nitrogens with zero attached hydrogens (tertiary/aromatic N) is 11. The highest BCUT2D eigenvalue weighted by atomic mass is 19.1. The smallest absolute Gasteiger partial charge is 0.274 e. The van der Waals surface area contributed by atoms with Crippen molar-refractivity contribution in [2.75, 3.05) is 122 Å². The highest BCUT2D eigenvalue weighted by molar-refractivity contribution is 6.04. The molecule has 2 aromatic heterocycles. The maximum absolute atomic E-state index is 15.0. The van der Waals surface area contributed by atoms with Crippen molar-refractivity contribution in [2.45, 2.75) is 32.2 Å². The zero-order valence-corrected chi connectivity index (χ0v) is 42.5. The van der Waals surface area contributed by atoms with Crippen LogP contribution in [0.5, 0.6) is 0 Å². The molecule has 4 fully saturated rings. The Hall–Kier alpha value is -7.40. The summed E-state index contributed by atoms with van der Waals surface area (Å²) < 4.78 is 20.6. The van der Waals surface area contributed by atoms with Gasteiger partial charge in [0.05, 0.1) is 55.1 Å². The number of primary amides is 1. The SMILES string of the molecule is C=CN=CN=C.N=C(Cc1ccc(F)c(C(=O)N2CCN(C(=O)CN3CCN(CC4CCN(C(=O)c5ncc(N6CCOCC6)cc5NC(=O)CNCc5ccncn5)CC4)CC3)CC2)c1)C1CC=CC=C1C(N)=O. The Morgan fingerprint density at radius 2 is 1.61 bits per heavy atom. The summed E-state index contributed by atoms with van der Waals surface area (Å²) >= 11 is 0. The van der Waals surface area contributed by atoms with E-state index in [0.717, 1.165) is 56.9 Å². The number of halogens is 1. The number of anilines is 2. The highest BCUT2D eigenvalue weighted by Crippen LogP contribution is 2.28. The molecule has 5 N–H and O–H groups in total. The van der Waals surface area contributed by atoms with E-state index in [1.54, 1.807) is 46.5 Å². The number of carbonyl (C=O) groups excluding carboxylic acids is 5. The van der Waals surface area contributed by atoms with E-state index in [9.17, 15) is 24.0 Å². The van der Waals surface area contributed by atoms with Gasteiger partial charge in [-0.25, -0.2) is 24.3 Å². The predicted molar refractivity (Wildman–Crippen MR) is 284 cm³/mol. The molecule has 0 saturated carbocycles. The number of piperazine rings is 2. The first-order chi connectivity index (χ1) is 36.4. The van der Waals surface area contributed by atoms with E-state index in [-0.39, 0.29) is 67.3 Å². The van der Waals surface area contributed by atoms with Gasteiger partial charge in [-0.05, 0) is 61.7 Å². The Balaban J connectivity index is 0.00000129. The van der Waals surface area contributed by atoms with Gasteiger partial charge in [-0.2, -0.15) is 0 Å². The lowest BCUT2D eigenvalue weighted by Gasteiger charge is -2.40. The Bertz CT molecular complexity index is 2590. The van der Waals surface area contributed by atoms with Gasteiger partial charge in [0, 0.05) is 128 Å². The lowest BCUT2D eigenvalue weighted by atomic mass is 9.84. The molecule has 6 heterocycles. The van der Waals surface area contributed by atoms with Gasteiger partial charge >= 0.3 is 0 Å². The van der Waals surface area contributed by atoms with Crippen molar-refractivity contribution in [3.8, 4) is 0 Å². The number of benzene rings is 1. The molecule has 5 aliphatic rings. The van der Waals surface area contributed by atoms with E-state index in [2.05, 4.69) is 63.6 Å². The molecule has 1 aromatic carbocycles. The number of amides is 5. The fourth-order valence-electron chi connectivity index (χ4n) is 9.72. The number of piperidine rings is 1. The van der Waals surface area contributed by atoms with Gasteiger partial charge in [-0.1, -0.05) is 30.9 Å². The zero-order chi connectivity index (χ0) is 53.1. The second-order valence-electron chi connectivity index (χ2n) is 18.9. The summed E-state index contributed by atoms with van der Waals surface area (Å²) in [5.41, 5.74) is 8.85. The molecule has 4 aliphatic heterocycles. The Labute approximate surface area is 437 Å². The summed E-state index contributed by atoms with van der Waals surface area (Å²) in [6, 6.07) is 7.88. The number of pyridine rings is 1. The van der Waals surface area contributed by atoms with Crippen LogP contribution in [0.1, 0.15) is 51.4 Å². The number of likely N-dealkylation sites (tertiary alicyclic amines) is 1. The molecule has 1 atom stereocenters. The largest absolute Gasteiger partial charge is 0.378 e. The van der Waals surface area contributed by atoms with E-state index < -0.39 is 23.5 Å². The minimum Gasteiger partial charge on any atom is -0.378 e. The molecular weight excluding hydrogens is 962 g/mol. The zero-order valence-electron chi connectivity index (χ0n) is 42.5. The first-order valence-corrected chi connectivity index (χ1v) is 25.4. The topological polar surface area (TPSA) is 251 Å². The standard InChI is InChI=1S/C49H62FN13O6.C4H6N2/c50-41-6-5-35(26-42(51)38-3-1-2-4-39(38)47(52)66)25-40(41)48(67)63-19-17-61(18-20-63)45(65)32-59-15-13-58(14-16-59)31-34-8-11-62(12-9-34)49(68)46-43(27-37(29-55-46)60-21-23-69-24-22-60)57-44(64)30-54-28-36-7-10-53-33-56-36;1-3-6-4-5-2/h1-2,4-7,10,25,27,29,33-34,38,51,54H,3,8-9,11-24,26,28,30-32H2,(H2,52,66)(H,57,64);3-4H,1-2H2. The number of allylic oxidation sites excluding steroid dienone is 3. The number of ether oxygens (including phenoxy) is 1. The maximum atomic E-state index is 15.0. The summed E-state index contributed by atoms with van der Waals surface area (Å²) in [7, 11) is 0. The minimum atomic E-state index is -0.649. The fraction of sp³-hybridized carbons (Fsp3) is 0.453. The summed E-state index contributed by atoms with van der Waals surface area (Å²) in [6.07, 6.45) is 15.1. The van der Waals surface area contributed by atoms with E-state index in [1.807, 2.05) is 17.0 Å². The van der Waals surface area contributed by atoms with Crippen LogP contribution in [0.15, 0.2) is 95.6 Å². The molecule has 8 rings (SSSR count). The van der Waals surface area contributed by atoms with Crippen molar-refractivity contribution >= 4 is 59.7 Å². The fourth-order valence-corrected chi connectivity index (χ4v) is 9.72. The van der Waals surface area contributed by atoms with Crippen LogP contribution < -0.4 is 21.3 Å². The molecule has 0 bridgehead atoms. The molecule has 0 spiro atoms. The van der Waals surface area contributed by atoms with Gasteiger partial charge in [0.2, 0.25) is 17.7 Å². The van der Waals surface area contributed by atoms with Crippen LogP contribution in [0.4, 0.5) is 15.8 Å². The Kier molecular flexibility index (Phi) is 20.5. The van der Waals surface area contributed by atoms with Crippen LogP contribution in [0.3, 0.4) is 0 Å². The summed E-state index contributed by atoms with van der Waals surface area (Å²) in [5.74, 6) is -2.24. The lowest BCUT2D eigenvalue weighted by molar-refractivity contribution is -0.134. The van der Waals surface area contributed by atoms with Crippen LogP contribution in [0.2, 0.25) is 0 Å². The second-order valence-corrected chi connectivity index (χ2v) is 18.9. The summed E-state index contributed by atoms with van der Waals surface area (Å²) in [6.45, 7) is 16.2. The number of aromatic nitrogens is 3. The summed E-state index contributed by atoms with van der Waals surface area (Å²) in [5, 5.41) is 14.7. The number of aliphatic imine (C=N–C) groups is 2. The van der Waals surface area contributed by atoms with E-state index in [0.29, 0.717) is 88.2 Å². The number of carbonyl (C=O) groups is 5. The normalized spacial score (nSPS) is 18.7. The third kappa shape index (κ3) is 15.8. The molecule has 0 radical (unpaired) electrons. The number of rotatable bonds is 18. The number of hydrogen-bond donors (Lipinski definition) is 4. The first-order valence-electron chi connectivity index (χ1n) is 25.4. The molecule has 22 heteroatoms. The molecular formula is C53H68FN15O6. The van der Waals surface area contributed by atoms with Crippen LogP contribution in [0, 0.1) is 23.1 Å². The average molecular weight is 1030 g/mol. The van der Waals surface area contributed by atoms with Crippen LogP contribution in [-0.2, 0) is 32.1 Å². The molecule has 1 unspecified atom stereocenters. The van der Waals surface area contributed by atoms with Gasteiger partial charge in [-0.3, -0.25) is 33.9 Å². The lowest BCUT2D eigenvalue weighted by Crippen LogP contribution is -2.55. The number of nitrogens with one attached hydrogen (secondary N) is 3. The molecule has 5 amide bonds. The number of morpholine rings is 1. The monoisotopic (exact) mass is 1030 g/mol. The third-order valence-corrected chi connectivity index (χ3v) is 13.9. The van der Waals surface area contributed by atoms with Crippen molar-refractivity contribution in [3.63, 3.8) is 0 Å². The molecule has 3 aromatic rings. The first kappa shape index (κ1) is 55.4. The molecule has 398 valence electrons. The van der Waals surface area contributed by atoms with Gasteiger partial charge in [0.25, 0.3) is 11.8 Å². The van der Waals surface area contributed by atoms with E-state index >= 15 is 4.39 Å². The van der Waals surface area contributed by atoms with Gasteiger partial charge in [0.1, 0.15) is 18.5 Å². The van der Waals surface area contributed by atoms with Crippen LogP contribution >= 0.6 is 0 Å². The highest BCUT2D eigenvalue weighted by Gasteiger charge is 2.32. The summed E-state index contributed by atoms with van der Waals surface area (Å²) in [4.78, 5) is 97.5. The third-order valence-electron chi connectivity index (χ3n) is 13.9. The van der Waals surface area contributed by atoms with Gasteiger partial charge in [-0.15, -0.1) is 0 Å². The second kappa shape index (κ2) is 27.8. The molecule has 75 heavy (non-hydrogen) atoms. The quantitative estimate of drug-likeness (QED) is 0.106. The van der Waals surface area contributed by atoms with Crippen molar-refractivity contribution < 1.29 is 33.1 Å². The van der Waals surface area contributed by atoms with Crippen molar-refractivity contribution in [1.82, 2.24) is 44.8 Å². The minimum absolute atomic E-state index is 0.00407. The van der Waals surface area contributed by atoms with Crippen LogP contribution in [0.25, 0.3) is 0 Å². The Morgan fingerprint density at radius 1 is 0.893 bits per heavy atom. The maximum Gasteiger partial charge on any atom is 0.274 e. The van der Waals surface area contributed by atoms with Crippen molar-refractivity contribution in [1.29, 1.82) is 5.41 Å². The van der Waals surface area contributed by atoms with E-state index in [1.165, 1.54) is 31.0 Å². The average Bonchev–Trinajstić information content (AvgIpc) is 3.44. The Morgan fingerprint density at radius 3 is 2.29 bits per heavy atom. The number of hydrogen-bond acceptors (Lipinski definition) is 15. The van der Waals surface area contributed by atoms with Gasteiger partial charge in [0.15, 0.2) is 5.69 Å². The van der Waals surface area contributed by atoms with Crippen LogP contribution in [-0.4, -0.2) is 199 Å².